The van der Waals surface area contributed by atoms with Crippen molar-refractivity contribution in [2.24, 2.45) is 50.7 Å². The van der Waals surface area contributed by atoms with Crippen molar-refractivity contribution < 1.29 is 12.6 Å². The lowest BCUT2D eigenvalue weighted by Crippen LogP contribution is -2.54. The van der Waals surface area contributed by atoms with E-state index in [0.717, 1.165) is 43.6 Å². The van der Waals surface area contributed by atoms with Crippen molar-refractivity contribution in [3.8, 4) is 0 Å². The van der Waals surface area contributed by atoms with E-state index >= 15 is 0 Å². The SMILES string of the molecule is Cc1ccc(S(=O)(=O)O[C@@H]2CCC3C4CC[C@H]5C[C@H](N=NN)CC[C@]5(C)C4CC[C@@]32C)cc1. The van der Waals surface area contributed by atoms with E-state index in [2.05, 4.69) is 24.2 Å². The van der Waals surface area contributed by atoms with Crippen LogP contribution in [0.3, 0.4) is 0 Å². The minimum absolute atomic E-state index is 0.0624. The summed E-state index contributed by atoms with van der Waals surface area (Å²) in [5.74, 6) is 7.98. The Morgan fingerprint density at radius 1 is 0.939 bits per heavy atom. The normalized spacial score (nSPS) is 43.1. The third-order valence-corrected chi connectivity index (χ3v) is 11.7. The number of nitrogens with two attached hydrogens (primary N) is 1. The zero-order chi connectivity index (χ0) is 23.4. The van der Waals surface area contributed by atoms with Gasteiger partial charge in [-0.15, -0.1) is 0 Å². The van der Waals surface area contributed by atoms with E-state index < -0.39 is 10.1 Å². The monoisotopic (exact) mass is 473 g/mol. The van der Waals surface area contributed by atoms with Crippen LogP contribution >= 0.6 is 0 Å². The molecule has 4 fully saturated rings. The molecule has 8 atom stereocenters. The van der Waals surface area contributed by atoms with Gasteiger partial charge in [0.2, 0.25) is 0 Å². The van der Waals surface area contributed by atoms with Crippen molar-refractivity contribution in [2.45, 2.75) is 95.6 Å². The highest BCUT2D eigenvalue weighted by Gasteiger charge is 2.61. The average Bonchev–Trinajstić information content (AvgIpc) is 3.10. The van der Waals surface area contributed by atoms with Crippen molar-refractivity contribution in [1.82, 2.24) is 0 Å². The van der Waals surface area contributed by atoms with Gasteiger partial charge in [0.15, 0.2) is 0 Å². The molecule has 4 aliphatic carbocycles. The molecular formula is C26H39N3O3S. The van der Waals surface area contributed by atoms with E-state index in [-0.39, 0.29) is 22.5 Å². The number of hydrogen-bond donors (Lipinski definition) is 1. The van der Waals surface area contributed by atoms with E-state index in [1.54, 1.807) is 12.1 Å². The minimum Gasteiger partial charge on any atom is -0.305 e. The first-order chi connectivity index (χ1) is 15.7. The molecule has 6 nitrogen and oxygen atoms in total. The van der Waals surface area contributed by atoms with Crippen LogP contribution in [0.4, 0.5) is 0 Å². The van der Waals surface area contributed by atoms with Gasteiger partial charge in [-0.2, -0.15) is 13.5 Å². The van der Waals surface area contributed by atoms with Crippen LogP contribution in [-0.4, -0.2) is 20.6 Å². The summed E-state index contributed by atoms with van der Waals surface area (Å²) in [6.45, 7) is 6.79. The third kappa shape index (κ3) is 3.83. The fraction of sp³-hybridized carbons (Fsp3) is 0.769. The Kier molecular flexibility index (Phi) is 5.88. The summed E-state index contributed by atoms with van der Waals surface area (Å²) in [5.41, 5.74) is 1.34. The van der Waals surface area contributed by atoms with Gasteiger partial charge in [0, 0.05) is 0 Å². The maximum atomic E-state index is 13.1. The van der Waals surface area contributed by atoms with Gasteiger partial charge < -0.3 is 5.84 Å². The Hall–Kier alpha value is -1.47. The summed E-state index contributed by atoms with van der Waals surface area (Å²) in [6, 6.07) is 7.29. The van der Waals surface area contributed by atoms with E-state index in [1.165, 1.54) is 25.7 Å². The predicted molar refractivity (Wildman–Crippen MR) is 128 cm³/mol. The summed E-state index contributed by atoms with van der Waals surface area (Å²) >= 11 is 0. The topological polar surface area (TPSA) is 94.1 Å². The molecule has 182 valence electrons. The molecule has 0 aromatic heterocycles. The minimum atomic E-state index is -3.75. The Balaban J connectivity index is 1.34. The highest BCUT2D eigenvalue weighted by atomic mass is 32.2. The Morgan fingerprint density at radius 2 is 1.64 bits per heavy atom. The largest absolute Gasteiger partial charge is 0.305 e. The molecule has 3 unspecified atom stereocenters. The lowest BCUT2D eigenvalue weighted by molar-refractivity contribution is -0.119. The highest BCUT2D eigenvalue weighted by molar-refractivity contribution is 7.86. The maximum absolute atomic E-state index is 13.1. The summed E-state index contributed by atoms with van der Waals surface area (Å²) in [4.78, 5) is 0.272. The summed E-state index contributed by atoms with van der Waals surface area (Å²) in [5, 5.41) is 7.86. The lowest BCUT2D eigenvalue weighted by Gasteiger charge is -2.60. The lowest BCUT2D eigenvalue weighted by atomic mass is 9.45. The van der Waals surface area contributed by atoms with Gasteiger partial charge in [0.05, 0.1) is 17.0 Å². The molecule has 0 saturated heterocycles. The van der Waals surface area contributed by atoms with Gasteiger partial charge in [-0.1, -0.05) is 36.8 Å². The number of fused-ring (bicyclic) bond motifs is 5. The second-order valence-electron chi connectivity index (χ2n) is 11.8. The van der Waals surface area contributed by atoms with Gasteiger partial charge in [0.25, 0.3) is 10.1 Å². The molecule has 0 amide bonds. The first kappa shape index (κ1) is 23.3. The molecule has 33 heavy (non-hydrogen) atoms. The molecule has 0 heterocycles. The molecule has 5 rings (SSSR count). The molecular weight excluding hydrogens is 434 g/mol. The first-order valence-electron chi connectivity index (χ1n) is 12.8. The second-order valence-corrected chi connectivity index (χ2v) is 13.4. The number of nitrogens with zero attached hydrogens (tertiary/aromatic N) is 2. The average molecular weight is 474 g/mol. The van der Waals surface area contributed by atoms with Crippen LogP contribution in [0, 0.1) is 41.4 Å². The number of aryl methyl sites for hydroxylation is 1. The van der Waals surface area contributed by atoms with E-state index in [1.807, 2.05) is 19.1 Å². The van der Waals surface area contributed by atoms with Gasteiger partial charge in [-0.05, 0) is 111 Å². The zero-order valence-electron chi connectivity index (χ0n) is 20.2. The van der Waals surface area contributed by atoms with E-state index in [0.29, 0.717) is 23.2 Å². The van der Waals surface area contributed by atoms with Gasteiger partial charge >= 0.3 is 0 Å². The van der Waals surface area contributed by atoms with Crippen LogP contribution < -0.4 is 5.84 Å². The first-order valence-corrected chi connectivity index (χ1v) is 14.2. The zero-order valence-corrected chi connectivity index (χ0v) is 21.1. The van der Waals surface area contributed by atoms with Gasteiger partial charge in [-0.25, -0.2) is 0 Å². The third-order valence-electron chi connectivity index (χ3n) is 10.3. The fourth-order valence-electron chi connectivity index (χ4n) is 8.46. The number of hydrogen-bond acceptors (Lipinski definition) is 5. The van der Waals surface area contributed by atoms with Crippen LogP contribution in [0.15, 0.2) is 39.5 Å². The van der Waals surface area contributed by atoms with Crippen LogP contribution in [0.1, 0.15) is 77.2 Å². The van der Waals surface area contributed by atoms with E-state index in [9.17, 15) is 8.42 Å². The molecule has 4 saturated carbocycles. The van der Waals surface area contributed by atoms with Crippen molar-refractivity contribution in [2.75, 3.05) is 0 Å². The second kappa shape index (κ2) is 8.33. The molecule has 0 spiro atoms. The molecule has 1 aromatic carbocycles. The van der Waals surface area contributed by atoms with Crippen LogP contribution in [0.5, 0.6) is 0 Å². The molecule has 0 bridgehead atoms. The van der Waals surface area contributed by atoms with Crippen molar-refractivity contribution >= 4 is 10.1 Å². The van der Waals surface area contributed by atoms with Crippen molar-refractivity contribution in [3.05, 3.63) is 29.8 Å². The highest BCUT2D eigenvalue weighted by Crippen LogP contribution is 2.66. The fourth-order valence-corrected chi connectivity index (χ4v) is 9.66. The number of rotatable bonds is 4. The summed E-state index contributed by atoms with van der Waals surface area (Å²) in [7, 11) is -3.75. The smallest absolute Gasteiger partial charge is 0.297 e. The standard InChI is InChI=1S/C26H39N3O3S/c1-17-4-7-20(8-5-17)33(30,31)32-24-11-10-22-21-9-6-18-16-19(28-29-27)12-14-25(18,2)23(21)13-15-26(22,24)3/h4-5,7-8,18-19,21-24H,6,9-16H2,1-3H3,(H2,27,28)/t18-,19+,21?,22?,23?,24+,25-,26-/m0/s1. The Labute approximate surface area is 198 Å². The van der Waals surface area contributed by atoms with Crippen molar-refractivity contribution in [3.63, 3.8) is 0 Å². The van der Waals surface area contributed by atoms with Crippen molar-refractivity contribution in [1.29, 1.82) is 0 Å². The number of benzene rings is 1. The molecule has 1 aromatic rings. The quantitative estimate of drug-likeness (QED) is 0.258. The Morgan fingerprint density at radius 3 is 2.36 bits per heavy atom. The molecule has 4 aliphatic rings. The maximum Gasteiger partial charge on any atom is 0.297 e. The van der Waals surface area contributed by atoms with Gasteiger partial charge in [-0.3, -0.25) is 4.18 Å². The van der Waals surface area contributed by atoms with Crippen LogP contribution in [-0.2, 0) is 14.3 Å². The van der Waals surface area contributed by atoms with E-state index in [4.69, 9.17) is 10.0 Å². The van der Waals surface area contributed by atoms with Crippen LogP contribution in [0.25, 0.3) is 0 Å². The molecule has 0 aliphatic heterocycles. The Bertz CT molecular complexity index is 1010. The summed E-state index contributed by atoms with van der Waals surface area (Å²) in [6.07, 6.45) is 9.82. The van der Waals surface area contributed by atoms with Gasteiger partial charge in [0.1, 0.15) is 0 Å². The summed E-state index contributed by atoms with van der Waals surface area (Å²) < 4.78 is 32.1. The molecule has 0 radical (unpaired) electrons. The predicted octanol–water partition coefficient (Wildman–Crippen LogP) is 5.81. The molecule has 2 N–H and O–H groups in total. The molecule has 7 heteroatoms. The van der Waals surface area contributed by atoms with Crippen LogP contribution in [0.2, 0.25) is 0 Å².